The smallest absolute Gasteiger partial charge is 0.162 e. The maximum absolute atomic E-state index is 13.0. The van der Waals surface area contributed by atoms with Crippen LogP contribution in [0, 0.1) is 5.92 Å². The third kappa shape index (κ3) is 5.08. The number of nitrogens with one attached hydrogen (secondary N) is 1. The van der Waals surface area contributed by atoms with E-state index in [0.717, 1.165) is 6.42 Å². The molecule has 0 amide bonds. The van der Waals surface area contributed by atoms with Crippen LogP contribution >= 0.6 is 11.8 Å². The second-order valence-electron chi connectivity index (χ2n) is 5.77. The molecule has 1 saturated carbocycles. The van der Waals surface area contributed by atoms with Crippen LogP contribution in [0.25, 0.3) is 0 Å². The molecule has 0 spiro atoms. The Labute approximate surface area is 130 Å². The number of ketones is 1. The van der Waals surface area contributed by atoms with E-state index in [2.05, 4.69) is 4.98 Å². The summed E-state index contributed by atoms with van der Waals surface area (Å²) < 4.78 is 13.0. The van der Waals surface area contributed by atoms with Gasteiger partial charge >= 0.3 is 0 Å². The van der Waals surface area contributed by atoms with Gasteiger partial charge in [-0.3, -0.25) is 4.79 Å². The molecule has 0 aromatic carbocycles. The van der Waals surface area contributed by atoms with Crippen molar-refractivity contribution >= 4 is 17.5 Å². The first kappa shape index (κ1) is 16.4. The van der Waals surface area contributed by atoms with Crippen molar-refractivity contribution in [3.8, 4) is 0 Å². The van der Waals surface area contributed by atoms with Gasteiger partial charge in [0.05, 0.1) is 0 Å². The van der Waals surface area contributed by atoms with Gasteiger partial charge in [0, 0.05) is 23.6 Å². The van der Waals surface area contributed by atoms with E-state index in [1.54, 1.807) is 18.3 Å². The molecule has 0 bridgehead atoms. The molecule has 0 aliphatic heterocycles. The summed E-state index contributed by atoms with van der Waals surface area (Å²) in [5, 5.41) is 0.703. The zero-order valence-corrected chi connectivity index (χ0v) is 13.3. The molecule has 3 nitrogen and oxygen atoms in total. The van der Waals surface area contributed by atoms with E-state index in [9.17, 15) is 9.28 Å². The summed E-state index contributed by atoms with van der Waals surface area (Å²) >= 11 is 1.46. The number of carbonyl (C=O) groups excluding carboxylic acids is 1. The van der Waals surface area contributed by atoms with Crippen LogP contribution in [0.2, 0.25) is 0 Å². The van der Waals surface area contributed by atoms with E-state index in [4.69, 9.17) is 0 Å². The molecule has 5 heteroatoms. The lowest BCUT2D eigenvalue weighted by molar-refractivity contribution is 0.101. The fourth-order valence-electron chi connectivity index (χ4n) is 2.92. The number of halogens is 1. The van der Waals surface area contributed by atoms with Crippen molar-refractivity contribution in [2.75, 3.05) is 5.75 Å². The van der Waals surface area contributed by atoms with Gasteiger partial charge < -0.3 is 0 Å². The Hall–Kier alpha value is -0.940. The maximum Gasteiger partial charge on any atom is 0.162 e. The number of rotatable bonds is 7. The molecule has 2 rings (SSSR count). The number of pyridine rings is 1. The fourth-order valence-corrected chi connectivity index (χ4v) is 3.98. The number of nitrogens with zero attached hydrogens (tertiary/aromatic N) is 1. The topological polar surface area (TPSA) is 42.0 Å². The third-order valence-electron chi connectivity index (χ3n) is 4.07. The molecule has 21 heavy (non-hydrogen) atoms. The molecule has 1 aromatic heterocycles. The number of aromatic nitrogens is 1. The molecule has 0 radical (unpaired) electrons. The van der Waals surface area contributed by atoms with E-state index in [1.807, 2.05) is 5.54 Å². The SMILES string of the molecule is CC(=O)c1cccnc1SCC(CC1CCCCC1)NF. The zero-order valence-electron chi connectivity index (χ0n) is 12.5. The number of carbonyl (C=O) groups is 1. The minimum Gasteiger partial charge on any atom is -0.294 e. The Kier molecular flexibility index (Phi) is 6.64. The van der Waals surface area contributed by atoms with Crippen molar-refractivity contribution in [2.45, 2.75) is 56.5 Å². The van der Waals surface area contributed by atoms with Gasteiger partial charge in [-0.15, -0.1) is 16.2 Å². The highest BCUT2D eigenvalue weighted by Gasteiger charge is 2.20. The predicted octanol–water partition coefficient (Wildman–Crippen LogP) is 4.19. The molecule has 1 N–H and O–H groups in total. The Morgan fingerprint density at radius 1 is 1.48 bits per heavy atom. The van der Waals surface area contributed by atoms with Crippen LogP contribution in [-0.2, 0) is 0 Å². The molecule has 1 aliphatic carbocycles. The molecule has 116 valence electrons. The highest BCUT2D eigenvalue weighted by molar-refractivity contribution is 7.99. The lowest BCUT2D eigenvalue weighted by atomic mass is 9.85. The van der Waals surface area contributed by atoms with Gasteiger partial charge in [-0.2, -0.15) is 5.54 Å². The number of hydrogen-bond acceptors (Lipinski definition) is 4. The average Bonchev–Trinajstić information content (AvgIpc) is 2.52. The summed E-state index contributed by atoms with van der Waals surface area (Å²) in [6, 6.07) is 3.37. The molecule has 0 saturated heterocycles. The summed E-state index contributed by atoms with van der Waals surface area (Å²) in [5.74, 6) is 1.23. The Balaban J connectivity index is 1.89. The lowest BCUT2D eigenvalue weighted by Gasteiger charge is -2.25. The molecule has 1 heterocycles. The Bertz CT molecular complexity index is 463. The number of hydrogen-bond donors (Lipinski definition) is 1. The Morgan fingerprint density at radius 3 is 2.90 bits per heavy atom. The first-order valence-corrected chi connectivity index (χ1v) is 8.64. The molecule has 1 unspecified atom stereocenters. The van der Waals surface area contributed by atoms with Crippen molar-refractivity contribution < 1.29 is 9.28 Å². The molecule has 1 atom stereocenters. The van der Waals surface area contributed by atoms with Gasteiger partial charge in [-0.05, 0) is 31.4 Å². The van der Waals surface area contributed by atoms with E-state index < -0.39 is 0 Å². The molecule has 1 aliphatic rings. The lowest BCUT2D eigenvalue weighted by Crippen LogP contribution is -2.28. The van der Waals surface area contributed by atoms with Crippen LogP contribution in [0.3, 0.4) is 0 Å². The van der Waals surface area contributed by atoms with Crippen molar-refractivity contribution in [2.24, 2.45) is 5.92 Å². The van der Waals surface area contributed by atoms with Crippen LogP contribution in [-0.4, -0.2) is 22.6 Å². The zero-order chi connectivity index (χ0) is 15.1. The van der Waals surface area contributed by atoms with Gasteiger partial charge in [0.2, 0.25) is 0 Å². The van der Waals surface area contributed by atoms with E-state index >= 15 is 0 Å². The highest BCUT2D eigenvalue weighted by Crippen LogP contribution is 2.29. The maximum atomic E-state index is 13.0. The number of Topliss-reactive ketones (excluding diaryl/α,β-unsaturated/α-hetero) is 1. The van der Waals surface area contributed by atoms with Crippen molar-refractivity contribution in [1.82, 2.24) is 10.5 Å². The standard InChI is InChI=1S/C16H23FN2OS/c1-12(20)15-8-5-9-18-16(15)21-11-14(19-17)10-13-6-3-2-4-7-13/h5,8-9,13-14,19H,2-4,6-7,10-11H2,1H3. The van der Waals surface area contributed by atoms with Gasteiger partial charge in [0.25, 0.3) is 0 Å². The molecular formula is C16H23FN2OS. The average molecular weight is 310 g/mol. The van der Waals surface area contributed by atoms with Gasteiger partial charge in [0.1, 0.15) is 5.03 Å². The largest absolute Gasteiger partial charge is 0.294 e. The van der Waals surface area contributed by atoms with Crippen LogP contribution in [0.5, 0.6) is 0 Å². The third-order valence-corrected chi connectivity index (χ3v) is 5.24. The second kappa shape index (κ2) is 8.49. The summed E-state index contributed by atoms with van der Waals surface area (Å²) in [5.41, 5.74) is 2.56. The van der Waals surface area contributed by atoms with Gasteiger partial charge in [-0.25, -0.2) is 4.98 Å². The van der Waals surface area contributed by atoms with Crippen LogP contribution in [0.1, 0.15) is 55.8 Å². The van der Waals surface area contributed by atoms with Crippen molar-refractivity contribution in [3.63, 3.8) is 0 Å². The molecular weight excluding hydrogens is 287 g/mol. The van der Waals surface area contributed by atoms with E-state index in [0.29, 0.717) is 22.3 Å². The predicted molar refractivity (Wildman–Crippen MR) is 84.2 cm³/mol. The van der Waals surface area contributed by atoms with Gasteiger partial charge in [0.15, 0.2) is 5.78 Å². The summed E-state index contributed by atoms with van der Waals surface area (Å²) in [7, 11) is 0. The van der Waals surface area contributed by atoms with Gasteiger partial charge in [-0.1, -0.05) is 32.1 Å². The molecule has 1 aromatic rings. The Morgan fingerprint density at radius 2 is 2.24 bits per heavy atom. The normalized spacial score (nSPS) is 17.6. The van der Waals surface area contributed by atoms with Crippen molar-refractivity contribution in [3.05, 3.63) is 23.9 Å². The summed E-state index contributed by atoms with van der Waals surface area (Å²) in [6.07, 6.45) is 8.82. The second-order valence-corrected chi connectivity index (χ2v) is 6.78. The monoisotopic (exact) mass is 310 g/mol. The van der Waals surface area contributed by atoms with Crippen molar-refractivity contribution in [1.29, 1.82) is 0 Å². The molecule has 1 fully saturated rings. The minimum atomic E-state index is -0.167. The quantitative estimate of drug-likeness (QED) is 0.466. The number of thioether (sulfide) groups is 1. The van der Waals surface area contributed by atoms with Crippen LogP contribution < -0.4 is 5.54 Å². The van der Waals surface area contributed by atoms with Crippen LogP contribution in [0.15, 0.2) is 23.4 Å². The highest BCUT2D eigenvalue weighted by atomic mass is 32.2. The first-order valence-electron chi connectivity index (χ1n) is 7.65. The van der Waals surface area contributed by atoms with E-state index in [-0.39, 0.29) is 11.8 Å². The minimum absolute atomic E-state index is 0.00244. The summed E-state index contributed by atoms with van der Waals surface area (Å²) in [6.45, 7) is 1.54. The van der Waals surface area contributed by atoms with Crippen LogP contribution in [0.4, 0.5) is 4.48 Å². The fraction of sp³-hybridized carbons (Fsp3) is 0.625. The first-order chi connectivity index (χ1) is 10.2. The summed E-state index contributed by atoms with van der Waals surface area (Å²) in [4.78, 5) is 15.8. The van der Waals surface area contributed by atoms with E-state index in [1.165, 1.54) is 50.8 Å².